The third-order valence-electron chi connectivity index (χ3n) is 3.41. The number of benzene rings is 1. The predicted octanol–water partition coefficient (Wildman–Crippen LogP) is 3.61. The van der Waals surface area contributed by atoms with Crippen molar-refractivity contribution in [1.82, 2.24) is 10.3 Å². The van der Waals surface area contributed by atoms with Crippen LogP contribution in [0.4, 0.5) is 0 Å². The number of unbranched alkanes of at least 4 members (excludes halogenated alkanes) is 1. The number of hydrogen-bond acceptors (Lipinski definition) is 2. The first-order chi connectivity index (χ1) is 9.26. The molecule has 0 saturated carbocycles. The largest absolute Gasteiger partial charge is 0.313 e. The Kier molecular flexibility index (Phi) is 4.54. The van der Waals surface area contributed by atoms with E-state index in [9.17, 15) is 0 Å². The zero-order valence-electron chi connectivity index (χ0n) is 11.6. The van der Waals surface area contributed by atoms with Crippen LogP contribution < -0.4 is 5.32 Å². The van der Waals surface area contributed by atoms with Crippen molar-refractivity contribution in [2.24, 2.45) is 0 Å². The Hall–Kier alpha value is -1.85. The van der Waals surface area contributed by atoms with Gasteiger partial charge in [-0.1, -0.05) is 18.2 Å². The number of terminal acetylenes is 1. The summed E-state index contributed by atoms with van der Waals surface area (Å²) in [5.41, 5.74) is 3.45. The summed E-state index contributed by atoms with van der Waals surface area (Å²) in [5.74, 6) is 2.71. The average molecular weight is 252 g/mol. The van der Waals surface area contributed by atoms with E-state index in [0.717, 1.165) is 30.5 Å². The lowest BCUT2D eigenvalue weighted by Crippen LogP contribution is -2.17. The van der Waals surface area contributed by atoms with Gasteiger partial charge in [0.05, 0.1) is 5.52 Å². The Morgan fingerprint density at radius 1 is 1.37 bits per heavy atom. The maximum atomic E-state index is 5.33. The van der Waals surface area contributed by atoms with Crippen LogP contribution in [0.15, 0.2) is 30.3 Å². The quantitative estimate of drug-likeness (QED) is 0.649. The van der Waals surface area contributed by atoms with Crippen molar-refractivity contribution in [1.29, 1.82) is 0 Å². The number of pyridine rings is 1. The van der Waals surface area contributed by atoms with Crippen LogP contribution in [0.5, 0.6) is 0 Å². The maximum Gasteiger partial charge on any atom is 0.0708 e. The first-order valence-electron chi connectivity index (χ1n) is 6.73. The Morgan fingerprint density at radius 3 is 2.89 bits per heavy atom. The molecule has 0 bridgehead atoms. The van der Waals surface area contributed by atoms with Gasteiger partial charge in [-0.25, -0.2) is 0 Å². The Labute approximate surface area is 115 Å². The molecule has 0 radical (unpaired) electrons. The Balaban J connectivity index is 2.39. The van der Waals surface area contributed by atoms with Crippen LogP contribution in [0.25, 0.3) is 10.9 Å². The van der Waals surface area contributed by atoms with Crippen LogP contribution in [0, 0.1) is 19.3 Å². The highest BCUT2D eigenvalue weighted by Gasteiger charge is 2.13. The fraction of sp³-hybridized carbons (Fsp3) is 0.353. The first-order valence-corrected chi connectivity index (χ1v) is 6.73. The van der Waals surface area contributed by atoms with Gasteiger partial charge < -0.3 is 5.32 Å². The normalized spacial score (nSPS) is 12.3. The van der Waals surface area contributed by atoms with Gasteiger partial charge in [-0.15, -0.1) is 12.3 Å². The van der Waals surface area contributed by atoms with Crippen molar-refractivity contribution in [3.05, 3.63) is 41.6 Å². The topological polar surface area (TPSA) is 24.9 Å². The zero-order chi connectivity index (χ0) is 13.7. The van der Waals surface area contributed by atoms with Crippen molar-refractivity contribution in [2.75, 3.05) is 7.05 Å². The second-order valence-electron chi connectivity index (χ2n) is 4.81. The molecule has 2 nitrogen and oxygen atoms in total. The minimum absolute atomic E-state index is 0.333. The molecule has 0 aliphatic carbocycles. The number of aromatic nitrogens is 1. The summed E-state index contributed by atoms with van der Waals surface area (Å²) in [6.45, 7) is 2.05. The summed E-state index contributed by atoms with van der Waals surface area (Å²) in [6.07, 6.45) is 8.25. The van der Waals surface area contributed by atoms with Crippen LogP contribution in [-0.4, -0.2) is 12.0 Å². The van der Waals surface area contributed by atoms with Crippen LogP contribution in [0.3, 0.4) is 0 Å². The number of para-hydroxylation sites is 1. The molecule has 1 unspecified atom stereocenters. The predicted molar refractivity (Wildman–Crippen MR) is 81.0 cm³/mol. The van der Waals surface area contributed by atoms with Gasteiger partial charge >= 0.3 is 0 Å². The number of fused-ring (bicyclic) bond motifs is 1. The molecular weight excluding hydrogens is 232 g/mol. The van der Waals surface area contributed by atoms with E-state index in [1.165, 1.54) is 10.9 Å². The number of aryl methyl sites for hydroxylation is 1. The Morgan fingerprint density at radius 2 is 2.16 bits per heavy atom. The number of hydrogen-bond donors (Lipinski definition) is 1. The van der Waals surface area contributed by atoms with Gasteiger partial charge in [0.15, 0.2) is 0 Å². The molecule has 0 aliphatic rings. The number of nitrogens with one attached hydrogen (secondary N) is 1. The average Bonchev–Trinajstić information content (AvgIpc) is 2.43. The minimum atomic E-state index is 0.333. The minimum Gasteiger partial charge on any atom is -0.313 e. The van der Waals surface area contributed by atoms with E-state index in [1.807, 2.05) is 20.0 Å². The lowest BCUT2D eigenvalue weighted by Gasteiger charge is -2.18. The van der Waals surface area contributed by atoms with Gasteiger partial charge in [0.1, 0.15) is 0 Å². The highest BCUT2D eigenvalue weighted by atomic mass is 14.9. The second-order valence-corrected chi connectivity index (χ2v) is 4.81. The van der Waals surface area contributed by atoms with E-state index in [2.05, 4.69) is 40.5 Å². The molecule has 1 aromatic carbocycles. The summed E-state index contributed by atoms with van der Waals surface area (Å²) in [4.78, 5) is 4.59. The molecule has 1 heterocycles. The first kappa shape index (κ1) is 13.6. The number of rotatable bonds is 5. The van der Waals surface area contributed by atoms with Crippen molar-refractivity contribution < 1.29 is 0 Å². The second kappa shape index (κ2) is 6.36. The lowest BCUT2D eigenvalue weighted by atomic mass is 9.97. The van der Waals surface area contributed by atoms with Crippen molar-refractivity contribution in [3.8, 4) is 12.3 Å². The summed E-state index contributed by atoms with van der Waals surface area (Å²) in [5, 5.41) is 4.63. The highest BCUT2D eigenvalue weighted by Crippen LogP contribution is 2.27. The molecule has 98 valence electrons. The van der Waals surface area contributed by atoms with Gasteiger partial charge in [0.25, 0.3) is 0 Å². The van der Waals surface area contributed by atoms with Gasteiger partial charge in [-0.05, 0) is 44.5 Å². The Bertz CT molecular complexity index is 596. The fourth-order valence-electron chi connectivity index (χ4n) is 2.49. The third kappa shape index (κ3) is 3.13. The van der Waals surface area contributed by atoms with Crippen LogP contribution in [-0.2, 0) is 0 Å². The monoisotopic (exact) mass is 252 g/mol. The van der Waals surface area contributed by atoms with E-state index >= 15 is 0 Å². The molecule has 2 rings (SSSR count). The van der Waals surface area contributed by atoms with Gasteiger partial charge in [0, 0.05) is 23.5 Å². The molecule has 0 aliphatic heterocycles. The molecule has 2 heteroatoms. The van der Waals surface area contributed by atoms with Crippen LogP contribution in [0.1, 0.15) is 36.6 Å². The molecule has 1 aromatic heterocycles. The van der Waals surface area contributed by atoms with E-state index in [-0.39, 0.29) is 0 Å². The molecule has 0 spiro atoms. The molecule has 1 N–H and O–H groups in total. The van der Waals surface area contributed by atoms with Crippen LogP contribution >= 0.6 is 0 Å². The third-order valence-corrected chi connectivity index (χ3v) is 3.41. The highest BCUT2D eigenvalue weighted by molar-refractivity contribution is 5.82. The summed E-state index contributed by atoms with van der Waals surface area (Å²) >= 11 is 0. The molecule has 0 amide bonds. The van der Waals surface area contributed by atoms with Crippen molar-refractivity contribution >= 4 is 10.9 Å². The number of nitrogens with zero attached hydrogens (tertiary/aromatic N) is 1. The van der Waals surface area contributed by atoms with Crippen molar-refractivity contribution in [3.63, 3.8) is 0 Å². The van der Waals surface area contributed by atoms with E-state index in [4.69, 9.17) is 6.42 Å². The standard InChI is InChI=1S/C17H20N2/c1-4-5-6-10-16(18-3)15-12-13(2)19-17-11-8-7-9-14(15)17/h1,7-9,11-12,16,18H,5-6,10H2,2-3H3. The lowest BCUT2D eigenvalue weighted by molar-refractivity contribution is 0.535. The van der Waals surface area contributed by atoms with E-state index < -0.39 is 0 Å². The van der Waals surface area contributed by atoms with Gasteiger partial charge in [-0.2, -0.15) is 0 Å². The SMILES string of the molecule is C#CCCCC(NC)c1cc(C)nc2ccccc12. The zero-order valence-corrected chi connectivity index (χ0v) is 11.6. The van der Waals surface area contributed by atoms with Crippen molar-refractivity contribution in [2.45, 2.75) is 32.2 Å². The summed E-state index contributed by atoms with van der Waals surface area (Å²) in [6, 6.07) is 10.8. The van der Waals surface area contributed by atoms with Gasteiger partial charge in [-0.3, -0.25) is 4.98 Å². The molecule has 1 atom stereocenters. The molecular formula is C17H20N2. The summed E-state index contributed by atoms with van der Waals surface area (Å²) in [7, 11) is 2.01. The molecule has 19 heavy (non-hydrogen) atoms. The molecule has 2 aromatic rings. The van der Waals surface area contributed by atoms with E-state index in [0.29, 0.717) is 6.04 Å². The van der Waals surface area contributed by atoms with Crippen LogP contribution in [0.2, 0.25) is 0 Å². The fourth-order valence-corrected chi connectivity index (χ4v) is 2.49. The van der Waals surface area contributed by atoms with E-state index in [1.54, 1.807) is 0 Å². The molecule has 0 fully saturated rings. The summed E-state index contributed by atoms with van der Waals surface area (Å²) < 4.78 is 0. The maximum absolute atomic E-state index is 5.33. The molecule has 0 saturated heterocycles. The van der Waals surface area contributed by atoms with Gasteiger partial charge in [0.2, 0.25) is 0 Å². The smallest absolute Gasteiger partial charge is 0.0708 e.